The van der Waals surface area contributed by atoms with E-state index in [2.05, 4.69) is 15.9 Å². The lowest BCUT2D eigenvalue weighted by atomic mass is 10.1. The third-order valence-electron chi connectivity index (χ3n) is 2.58. The van der Waals surface area contributed by atoms with Crippen molar-refractivity contribution in [3.05, 3.63) is 75.8 Å². The molecule has 0 radical (unpaired) electrons. The number of aryl methyl sites for hydroxylation is 1. The van der Waals surface area contributed by atoms with E-state index in [0.717, 1.165) is 21.2 Å². The van der Waals surface area contributed by atoms with Crippen molar-refractivity contribution in [1.82, 2.24) is 0 Å². The molecule has 18 heavy (non-hydrogen) atoms. The van der Waals surface area contributed by atoms with Crippen LogP contribution < -0.4 is 0 Å². The van der Waals surface area contributed by atoms with Gasteiger partial charge >= 0.3 is 0 Å². The van der Waals surface area contributed by atoms with Crippen LogP contribution in [-0.4, -0.2) is 5.78 Å². The van der Waals surface area contributed by atoms with Gasteiger partial charge in [0.25, 0.3) is 0 Å². The summed E-state index contributed by atoms with van der Waals surface area (Å²) in [7, 11) is 0. The van der Waals surface area contributed by atoms with E-state index in [1.165, 1.54) is 0 Å². The van der Waals surface area contributed by atoms with Crippen molar-refractivity contribution in [3.8, 4) is 0 Å². The zero-order valence-electron chi connectivity index (χ0n) is 10.1. The minimum absolute atomic E-state index is 0.0266. The average Bonchev–Trinajstić information content (AvgIpc) is 2.36. The Bertz CT molecular complexity index is 600. The Morgan fingerprint density at radius 1 is 1.11 bits per heavy atom. The van der Waals surface area contributed by atoms with Gasteiger partial charge in [0, 0.05) is 10.0 Å². The Balaban J connectivity index is 2.17. The zero-order valence-corrected chi connectivity index (χ0v) is 11.6. The maximum absolute atomic E-state index is 12.0. The van der Waals surface area contributed by atoms with Crippen molar-refractivity contribution < 1.29 is 4.79 Å². The summed E-state index contributed by atoms with van der Waals surface area (Å²) in [5.41, 5.74) is 2.82. The molecule has 0 unspecified atom stereocenters. The maximum Gasteiger partial charge on any atom is 0.185 e. The Hall–Kier alpha value is -1.67. The summed E-state index contributed by atoms with van der Waals surface area (Å²) in [6.07, 6.45) is 3.44. The molecule has 0 atom stereocenters. The highest BCUT2D eigenvalue weighted by Gasteiger charge is 2.01. The van der Waals surface area contributed by atoms with Crippen LogP contribution in [0.2, 0.25) is 0 Å². The van der Waals surface area contributed by atoms with Crippen LogP contribution in [0.3, 0.4) is 0 Å². The van der Waals surface area contributed by atoms with E-state index in [1.54, 1.807) is 6.08 Å². The Labute approximate surface area is 115 Å². The van der Waals surface area contributed by atoms with Crippen molar-refractivity contribution in [2.24, 2.45) is 0 Å². The van der Waals surface area contributed by atoms with Crippen molar-refractivity contribution in [3.63, 3.8) is 0 Å². The van der Waals surface area contributed by atoms with E-state index < -0.39 is 0 Å². The molecular formula is C16H13BrO. The molecule has 2 heteroatoms. The normalized spacial score (nSPS) is 10.8. The van der Waals surface area contributed by atoms with Crippen molar-refractivity contribution in [1.29, 1.82) is 0 Å². The summed E-state index contributed by atoms with van der Waals surface area (Å²) in [6, 6.07) is 15.4. The minimum Gasteiger partial charge on any atom is -0.289 e. The van der Waals surface area contributed by atoms with Gasteiger partial charge < -0.3 is 0 Å². The molecule has 0 aliphatic carbocycles. The van der Waals surface area contributed by atoms with Gasteiger partial charge in [-0.3, -0.25) is 4.79 Å². The van der Waals surface area contributed by atoms with Crippen molar-refractivity contribution in [2.45, 2.75) is 6.92 Å². The molecule has 0 N–H and O–H groups in total. The summed E-state index contributed by atoms with van der Waals surface area (Å²) in [5.74, 6) is 0.0266. The molecule has 0 saturated heterocycles. The lowest BCUT2D eigenvalue weighted by Gasteiger charge is -1.98. The molecule has 90 valence electrons. The van der Waals surface area contributed by atoms with E-state index in [9.17, 15) is 4.79 Å². The predicted octanol–water partition coefficient (Wildman–Crippen LogP) is 4.65. The monoisotopic (exact) mass is 300 g/mol. The standard InChI is InChI=1S/C16H13BrO/c1-12-4-2-6-14(10-12)16(18)9-8-13-5-3-7-15(17)11-13/h2-11H,1H3. The third-order valence-corrected chi connectivity index (χ3v) is 3.07. The van der Waals surface area contributed by atoms with Gasteiger partial charge in [0.05, 0.1) is 0 Å². The summed E-state index contributed by atoms with van der Waals surface area (Å²) in [5, 5.41) is 0. The molecule has 0 heterocycles. The number of hydrogen-bond donors (Lipinski definition) is 0. The van der Waals surface area contributed by atoms with Crippen LogP contribution in [0.5, 0.6) is 0 Å². The number of ketones is 1. The van der Waals surface area contributed by atoms with E-state index in [1.807, 2.05) is 61.5 Å². The van der Waals surface area contributed by atoms with Crippen LogP contribution in [-0.2, 0) is 0 Å². The molecule has 2 aromatic rings. The second-order valence-corrected chi connectivity index (χ2v) is 5.04. The van der Waals surface area contributed by atoms with Gasteiger partial charge in [-0.2, -0.15) is 0 Å². The second kappa shape index (κ2) is 5.78. The molecule has 0 amide bonds. The van der Waals surface area contributed by atoms with Gasteiger partial charge in [0.15, 0.2) is 5.78 Å². The number of rotatable bonds is 3. The number of halogens is 1. The van der Waals surface area contributed by atoms with Gasteiger partial charge in [0.1, 0.15) is 0 Å². The SMILES string of the molecule is Cc1cccc(C(=O)C=Cc2cccc(Br)c2)c1. The third kappa shape index (κ3) is 3.41. The molecule has 0 aliphatic heterocycles. The first-order chi connectivity index (χ1) is 8.65. The van der Waals surface area contributed by atoms with Gasteiger partial charge in [-0.15, -0.1) is 0 Å². The lowest BCUT2D eigenvalue weighted by Crippen LogP contribution is -1.94. The van der Waals surface area contributed by atoms with Crippen LogP contribution >= 0.6 is 15.9 Å². The molecule has 2 aromatic carbocycles. The van der Waals surface area contributed by atoms with Crippen LogP contribution in [0.15, 0.2) is 59.1 Å². The Kier molecular flexibility index (Phi) is 4.11. The smallest absolute Gasteiger partial charge is 0.185 e. The number of hydrogen-bond acceptors (Lipinski definition) is 1. The summed E-state index contributed by atoms with van der Waals surface area (Å²) in [4.78, 5) is 12.0. The number of benzene rings is 2. The molecule has 0 bridgehead atoms. The molecule has 0 aromatic heterocycles. The van der Waals surface area contributed by atoms with E-state index in [-0.39, 0.29) is 5.78 Å². The van der Waals surface area contributed by atoms with Crippen molar-refractivity contribution in [2.75, 3.05) is 0 Å². The quantitative estimate of drug-likeness (QED) is 0.595. The number of allylic oxidation sites excluding steroid dienone is 1. The molecule has 2 rings (SSSR count). The summed E-state index contributed by atoms with van der Waals surface area (Å²) in [6.45, 7) is 1.98. The van der Waals surface area contributed by atoms with Gasteiger partial charge in [-0.1, -0.05) is 57.9 Å². The molecule has 0 fully saturated rings. The highest BCUT2D eigenvalue weighted by Crippen LogP contribution is 2.13. The fraction of sp³-hybridized carbons (Fsp3) is 0.0625. The second-order valence-electron chi connectivity index (χ2n) is 4.12. The Morgan fingerprint density at radius 3 is 2.61 bits per heavy atom. The minimum atomic E-state index is 0.0266. The average molecular weight is 301 g/mol. The van der Waals surface area contributed by atoms with E-state index in [4.69, 9.17) is 0 Å². The van der Waals surface area contributed by atoms with Gasteiger partial charge in [0.2, 0.25) is 0 Å². The molecular weight excluding hydrogens is 288 g/mol. The van der Waals surface area contributed by atoms with Crippen LogP contribution in [0.25, 0.3) is 6.08 Å². The Morgan fingerprint density at radius 2 is 1.89 bits per heavy atom. The summed E-state index contributed by atoms with van der Waals surface area (Å²) >= 11 is 3.40. The zero-order chi connectivity index (χ0) is 13.0. The predicted molar refractivity (Wildman–Crippen MR) is 78.7 cm³/mol. The molecule has 0 saturated carbocycles. The van der Waals surface area contributed by atoms with Crippen molar-refractivity contribution >= 4 is 27.8 Å². The number of carbonyl (C=O) groups is 1. The van der Waals surface area contributed by atoms with Crippen LogP contribution in [0.4, 0.5) is 0 Å². The number of carbonyl (C=O) groups excluding carboxylic acids is 1. The summed E-state index contributed by atoms with van der Waals surface area (Å²) < 4.78 is 1.01. The van der Waals surface area contributed by atoms with E-state index >= 15 is 0 Å². The molecule has 0 aliphatic rings. The first-order valence-corrected chi connectivity index (χ1v) is 6.49. The molecule has 1 nitrogen and oxygen atoms in total. The van der Waals surface area contributed by atoms with Crippen LogP contribution in [0, 0.1) is 6.92 Å². The lowest BCUT2D eigenvalue weighted by molar-refractivity contribution is 0.104. The highest BCUT2D eigenvalue weighted by molar-refractivity contribution is 9.10. The fourth-order valence-electron chi connectivity index (χ4n) is 1.68. The largest absolute Gasteiger partial charge is 0.289 e. The fourth-order valence-corrected chi connectivity index (χ4v) is 2.09. The topological polar surface area (TPSA) is 17.1 Å². The molecule has 0 spiro atoms. The maximum atomic E-state index is 12.0. The first-order valence-electron chi connectivity index (χ1n) is 5.70. The first kappa shape index (κ1) is 12.8. The van der Waals surface area contributed by atoms with E-state index in [0.29, 0.717) is 0 Å². The highest BCUT2D eigenvalue weighted by atomic mass is 79.9. The van der Waals surface area contributed by atoms with Gasteiger partial charge in [-0.25, -0.2) is 0 Å². The van der Waals surface area contributed by atoms with Crippen LogP contribution in [0.1, 0.15) is 21.5 Å². The van der Waals surface area contributed by atoms with Gasteiger partial charge in [-0.05, 0) is 36.8 Å².